The molecule has 1 aliphatic heterocycles. The number of amides is 1. The first kappa shape index (κ1) is 21.1. The Morgan fingerprint density at radius 2 is 2.04 bits per heavy atom. The summed E-state index contributed by atoms with van der Waals surface area (Å²) in [5.41, 5.74) is -0.746. The average molecular weight is 468 g/mol. The molecule has 142 valence electrons. The van der Waals surface area contributed by atoms with Gasteiger partial charge in [-0.3, -0.25) is 0 Å². The topological polar surface area (TPSA) is 32.8 Å². The second-order valence-corrected chi connectivity index (χ2v) is 8.82. The zero-order valence-electron chi connectivity index (χ0n) is 14.6. The number of benzene rings is 1. The van der Waals surface area contributed by atoms with Crippen molar-refractivity contribution in [3.05, 3.63) is 51.6 Å². The predicted octanol–water partition coefficient (Wildman–Crippen LogP) is 6.12. The molecule has 4 nitrogen and oxygen atoms in total. The van der Waals surface area contributed by atoms with E-state index in [9.17, 15) is 13.6 Å². The van der Waals surface area contributed by atoms with E-state index in [0.717, 1.165) is 11.9 Å². The molecule has 1 aliphatic rings. The Balaban J connectivity index is 2.37. The zero-order chi connectivity index (χ0) is 19.6. The Hall–Kier alpha value is -1.25. The van der Waals surface area contributed by atoms with Gasteiger partial charge in [0.25, 0.3) is 0 Å². The second kappa shape index (κ2) is 8.19. The minimum Gasteiger partial charge on any atom is -0.443 e. The molecule has 0 aliphatic carbocycles. The minimum atomic E-state index is -0.746. The van der Waals surface area contributed by atoms with Gasteiger partial charge in [-0.1, -0.05) is 11.6 Å². The van der Waals surface area contributed by atoms with Gasteiger partial charge in [0.2, 0.25) is 0 Å². The summed E-state index contributed by atoms with van der Waals surface area (Å²) in [5.74, 6) is -1.00. The van der Waals surface area contributed by atoms with E-state index in [1.807, 2.05) is 0 Å². The molecule has 0 aromatic heterocycles. The zero-order valence-corrected chi connectivity index (χ0v) is 17.8. The van der Waals surface area contributed by atoms with Crippen molar-refractivity contribution in [2.75, 3.05) is 7.05 Å². The van der Waals surface area contributed by atoms with Gasteiger partial charge in [0, 0.05) is 17.7 Å². The molecule has 9 heteroatoms. The van der Waals surface area contributed by atoms with Gasteiger partial charge in [0.05, 0.1) is 9.92 Å². The fourth-order valence-corrected chi connectivity index (χ4v) is 3.57. The van der Waals surface area contributed by atoms with Crippen molar-refractivity contribution >= 4 is 45.6 Å². The maximum Gasteiger partial charge on any atom is 0.422 e. The summed E-state index contributed by atoms with van der Waals surface area (Å²) in [5, 5.41) is 0.302. The summed E-state index contributed by atoms with van der Waals surface area (Å²) in [6.07, 6.45) is 2.63. The number of likely N-dealkylation sites (N-methyl/N-ethyl adjacent to an activating group) is 1. The number of carbonyl (C=O) groups is 1. The van der Waals surface area contributed by atoms with E-state index in [4.69, 9.17) is 16.3 Å². The van der Waals surface area contributed by atoms with E-state index in [-0.39, 0.29) is 4.90 Å². The smallest absolute Gasteiger partial charge is 0.422 e. The third-order valence-corrected chi connectivity index (χ3v) is 5.43. The molecular weight excluding hydrogens is 450 g/mol. The Morgan fingerprint density at radius 3 is 2.62 bits per heavy atom. The highest BCUT2D eigenvalue weighted by atomic mass is 79.9. The van der Waals surface area contributed by atoms with Crippen LogP contribution in [0, 0.1) is 5.82 Å². The lowest BCUT2D eigenvalue weighted by Gasteiger charge is -2.36. The van der Waals surface area contributed by atoms with Crippen molar-refractivity contribution in [3.63, 3.8) is 0 Å². The lowest BCUT2D eigenvalue weighted by Crippen LogP contribution is -2.45. The molecule has 2 rings (SSSR count). The summed E-state index contributed by atoms with van der Waals surface area (Å²) < 4.78 is 34.8. The third kappa shape index (κ3) is 5.37. The normalized spacial score (nSPS) is 17.2. The van der Waals surface area contributed by atoms with Crippen LogP contribution in [0.15, 0.2) is 45.7 Å². The largest absolute Gasteiger partial charge is 0.443 e. The van der Waals surface area contributed by atoms with Crippen molar-refractivity contribution in [2.24, 2.45) is 0 Å². The molecule has 0 saturated carbocycles. The molecule has 0 N–H and O–H groups in total. The van der Waals surface area contributed by atoms with Crippen LogP contribution in [0.4, 0.5) is 13.6 Å². The van der Waals surface area contributed by atoms with E-state index in [2.05, 4.69) is 15.9 Å². The van der Waals surface area contributed by atoms with Gasteiger partial charge in [0.15, 0.2) is 0 Å². The molecule has 0 saturated heterocycles. The monoisotopic (exact) mass is 466 g/mol. The molecule has 0 radical (unpaired) electrons. The lowest BCUT2D eigenvalue weighted by molar-refractivity contribution is 0.0306. The van der Waals surface area contributed by atoms with Crippen LogP contribution < -0.4 is 0 Å². The Bertz CT molecular complexity index is 768. The Kier molecular flexibility index (Phi) is 6.63. The summed E-state index contributed by atoms with van der Waals surface area (Å²) >= 11 is 10.0. The molecule has 1 heterocycles. The van der Waals surface area contributed by atoms with E-state index in [1.165, 1.54) is 39.7 Å². The molecule has 1 unspecified atom stereocenters. The number of halogens is 4. The number of rotatable bonds is 3. The fraction of sp³-hybridized carbons (Fsp3) is 0.353. The number of ether oxygens (including phenoxy) is 1. The summed E-state index contributed by atoms with van der Waals surface area (Å²) in [4.78, 5) is 14.3. The first-order chi connectivity index (χ1) is 12.0. The second-order valence-electron chi connectivity index (χ2n) is 6.55. The van der Waals surface area contributed by atoms with Gasteiger partial charge in [-0.05, 0) is 72.9 Å². The number of carbonyl (C=O) groups excluding carboxylic acids is 1. The highest BCUT2D eigenvalue weighted by molar-refractivity contribution is 9.10. The van der Waals surface area contributed by atoms with Crippen molar-refractivity contribution in [3.8, 4) is 0 Å². The number of hydrogen-bond donors (Lipinski definition) is 0. The van der Waals surface area contributed by atoms with E-state index >= 15 is 0 Å². The molecule has 1 atom stereocenters. The molecule has 0 bridgehead atoms. The number of allylic oxidation sites excluding steroid dienone is 2. The molecule has 0 spiro atoms. The van der Waals surface area contributed by atoms with E-state index in [0.29, 0.717) is 9.50 Å². The first-order valence-corrected chi connectivity index (χ1v) is 9.54. The molecule has 1 aromatic carbocycles. The van der Waals surface area contributed by atoms with E-state index in [1.54, 1.807) is 27.8 Å². The summed E-state index contributed by atoms with van der Waals surface area (Å²) in [6.45, 7) is 5.18. The fourth-order valence-electron chi connectivity index (χ4n) is 2.06. The van der Waals surface area contributed by atoms with Gasteiger partial charge in [-0.25, -0.2) is 17.9 Å². The Morgan fingerprint density at radius 1 is 1.38 bits per heavy atom. The van der Waals surface area contributed by atoms with E-state index < -0.39 is 29.5 Å². The van der Waals surface area contributed by atoms with Crippen molar-refractivity contribution in [1.29, 1.82) is 0 Å². The summed E-state index contributed by atoms with van der Waals surface area (Å²) in [7, 11) is 1.61. The quantitative estimate of drug-likeness (QED) is 0.396. The summed E-state index contributed by atoms with van der Waals surface area (Å²) in [6, 6.07) is 2.63. The number of nitrogens with zero attached hydrogens (tertiary/aromatic N) is 2. The SMILES string of the molecule is CN1C=C(F)C=CC1N(Sc1cc(Cl)c(Br)cc1F)C(=O)OC(C)(C)C. The predicted molar refractivity (Wildman–Crippen MR) is 103 cm³/mol. The molecular formula is C17H18BrClF2N2O2S. The van der Waals surface area contributed by atoms with Crippen LogP contribution in [-0.2, 0) is 4.74 Å². The lowest BCUT2D eigenvalue weighted by atomic mass is 10.2. The van der Waals surface area contributed by atoms with Crippen molar-refractivity contribution < 1.29 is 18.3 Å². The maximum atomic E-state index is 14.3. The van der Waals surface area contributed by atoms with Crippen molar-refractivity contribution in [1.82, 2.24) is 9.21 Å². The van der Waals surface area contributed by atoms with Crippen molar-refractivity contribution in [2.45, 2.75) is 37.4 Å². The average Bonchev–Trinajstić information content (AvgIpc) is 2.48. The van der Waals surface area contributed by atoms with Crippen LogP contribution in [0.1, 0.15) is 20.8 Å². The van der Waals surface area contributed by atoms with Gasteiger partial charge in [-0.15, -0.1) is 0 Å². The highest BCUT2D eigenvalue weighted by Gasteiger charge is 2.32. The van der Waals surface area contributed by atoms with Crippen LogP contribution >= 0.6 is 39.5 Å². The third-order valence-electron chi connectivity index (χ3n) is 3.16. The van der Waals surface area contributed by atoms with Gasteiger partial charge >= 0.3 is 6.09 Å². The van der Waals surface area contributed by atoms with Crippen LogP contribution in [0.3, 0.4) is 0 Å². The molecule has 1 amide bonds. The minimum absolute atomic E-state index is 0.140. The molecule has 1 aromatic rings. The van der Waals surface area contributed by atoms with Gasteiger partial charge in [0.1, 0.15) is 23.4 Å². The van der Waals surface area contributed by atoms with Gasteiger partial charge < -0.3 is 9.64 Å². The highest BCUT2D eigenvalue weighted by Crippen LogP contribution is 2.36. The van der Waals surface area contributed by atoms with Crippen LogP contribution in [-0.4, -0.2) is 34.1 Å². The molecule has 26 heavy (non-hydrogen) atoms. The maximum absolute atomic E-state index is 14.3. The standard InChI is InChI=1S/C17H18BrClF2N2O2S/c1-17(2,3)25-16(24)23(15-6-5-10(20)9-22(15)4)26-14-8-12(19)11(18)7-13(14)21/h5-9,15H,1-4H3. The van der Waals surface area contributed by atoms with Gasteiger partial charge in [-0.2, -0.15) is 0 Å². The van der Waals surface area contributed by atoms with Crippen LogP contribution in [0.25, 0.3) is 0 Å². The molecule has 0 fully saturated rings. The van der Waals surface area contributed by atoms with Crippen LogP contribution in [0.5, 0.6) is 0 Å². The number of hydrogen-bond acceptors (Lipinski definition) is 4. The van der Waals surface area contributed by atoms with Crippen LogP contribution in [0.2, 0.25) is 5.02 Å². The first-order valence-electron chi connectivity index (χ1n) is 7.60. The Labute approximate surface area is 169 Å².